The molecule has 0 amide bonds. The molecule has 0 radical (unpaired) electrons. The molecule has 3 heteroatoms. The number of benzene rings is 3. The third kappa shape index (κ3) is 3.07. The molecule has 27 heavy (non-hydrogen) atoms. The standard InChI is InChI=1S/C24H18N2S/c1-2-8-19(9-3-1)23-24(26-22(25-23)15-17-13-14-27-16-17)21-12-6-10-18-7-4-5-11-20(18)21/h1-14,16H,15H2,(H,25,26). The third-order valence-corrected chi connectivity index (χ3v) is 5.54. The van der Waals surface area contributed by atoms with Gasteiger partial charge in [0.2, 0.25) is 0 Å². The van der Waals surface area contributed by atoms with Gasteiger partial charge in [0.1, 0.15) is 5.82 Å². The van der Waals surface area contributed by atoms with Crippen molar-refractivity contribution < 1.29 is 0 Å². The number of fused-ring (bicyclic) bond motifs is 1. The van der Waals surface area contributed by atoms with E-state index in [-0.39, 0.29) is 0 Å². The quantitative estimate of drug-likeness (QED) is 0.384. The van der Waals surface area contributed by atoms with E-state index in [1.54, 1.807) is 11.3 Å². The first-order valence-corrected chi connectivity index (χ1v) is 9.96. The van der Waals surface area contributed by atoms with Crippen LogP contribution < -0.4 is 0 Å². The molecular formula is C24H18N2S. The van der Waals surface area contributed by atoms with E-state index in [4.69, 9.17) is 4.98 Å². The third-order valence-electron chi connectivity index (χ3n) is 4.81. The van der Waals surface area contributed by atoms with Crippen LogP contribution in [0.15, 0.2) is 89.6 Å². The molecule has 0 atom stereocenters. The van der Waals surface area contributed by atoms with Crippen LogP contribution in [-0.2, 0) is 6.42 Å². The Morgan fingerprint density at radius 2 is 1.63 bits per heavy atom. The Hall–Kier alpha value is -3.17. The van der Waals surface area contributed by atoms with Crippen molar-refractivity contribution in [3.8, 4) is 22.5 Å². The summed E-state index contributed by atoms with van der Waals surface area (Å²) in [7, 11) is 0. The Balaban J connectivity index is 1.71. The highest BCUT2D eigenvalue weighted by atomic mass is 32.1. The van der Waals surface area contributed by atoms with Crippen LogP contribution >= 0.6 is 11.3 Å². The SMILES string of the molecule is c1ccc(-c2nc(Cc3ccsc3)[nH]c2-c2cccc3ccccc23)cc1. The molecule has 1 N–H and O–H groups in total. The Morgan fingerprint density at radius 3 is 2.48 bits per heavy atom. The number of aromatic nitrogens is 2. The fraction of sp³-hybridized carbons (Fsp3) is 0.0417. The molecule has 0 aliphatic carbocycles. The van der Waals surface area contributed by atoms with Gasteiger partial charge >= 0.3 is 0 Å². The predicted octanol–water partition coefficient (Wildman–Crippen LogP) is 6.55. The molecule has 0 saturated heterocycles. The number of imidazole rings is 1. The molecule has 0 aliphatic heterocycles. The van der Waals surface area contributed by atoms with Crippen molar-refractivity contribution in [1.29, 1.82) is 0 Å². The average molecular weight is 366 g/mol. The second kappa shape index (κ2) is 6.86. The van der Waals surface area contributed by atoms with Gasteiger partial charge in [-0.05, 0) is 33.2 Å². The molecule has 5 aromatic rings. The van der Waals surface area contributed by atoms with E-state index in [1.165, 1.54) is 21.9 Å². The maximum atomic E-state index is 4.99. The van der Waals surface area contributed by atoms with Crippen LogP contribution in [0.5, 0.6) is 0 Å². The van der Waals surface area contributed by atoms with Crippen LogP contribution in [0.25, 0.3) is 33.3 Å². The van der Waals surface area contributed by atoms with Crippen LogP contribution in [0.2, 0.25) is 0 Å². The molecule has 5 rings (SSSR count). The molecule has 0 bridgehead atoms. The van der Waals surface area contributed by atoms with E-state index in [1.807, 2.05) is 6.07 Å². The molecule has 0 saturated carbocycles. The number of rotatable bonds is 4. The predicted molar refractivity (Wildman–Crippen MR) is 114 cm³/mol. The van der Waals surface area contributed by atoms with Gasteiger partial charge in [-0.2, -0.15) is 11.3 Å². The van der Waals surface area contributed by atoms with Crippen molar-refractivity contribution in [2.45, 2.75) is 6.42 Å². The monoisotopic (exact) mass is 366 g/mol. The van der Waals surface area contributed by atoms with E-state index >= 15 is 0 Å². The van der Waals surface area contributed by atoms with Gasteiger partial charge in [-0.3, -0.25) is 0 Å². The van der Waals surface area contributed by atoms with Gasteiger partial charge in [-0.1, -0.05) is 72.8 Å². The summed E-state index contributed by atoms with van der Waals surface area (Å²) in [4.78, 5) is 8.61. The molecule has 0 spiro atoms. The van der Waals surface area contributed by atoms with Gasteiger partial charge in [0, 0.05) is 17.5 Å². The zero-order chi connectivity index (χ0) is 18.1. The Kier molecular flexibility index (Phi) is 4.07. The van der Waals surface area contributed by atoms with Gasteiger partial charge in [-0.25, -0.2) is 4.98 Å². The lowest BCUT2D eigenvalue weighted by molar-refractivity contribution is 1.03. The van der Waals surface area contributed by atoms with Crippen molar-refractivity contribution in [1.82, 2.24) is 9.97 Å². The summed E-state index contributed by atoms with van der Waals surface area (Å²) < 4.78 is 0. The molecule has 2 heterocycles. The zero-order valence-corrected chi connectivity index (χ0v) is 15.5. The highest BCUT2D eigenvalue weighted by Crippen LogP contribution is 2.35. The minimum atomic E-state index is 0.814. The minimum Gasteiger partial charge on any atom is -0.341 e. The second-order valence-electron chi connectivity index (χ2n) is 6.61. The maximum absolute atomic E-state index is 4.99. The van der Waals surface area contributed by atoms with Gasteiger partial charge in [0.25, 0.3) is 0 Å². The van der Waals surface area contributed by atoms with E-state index in [0.29, 0.717) is 0 Å². The number of hydrogen-bond donors (Lipinski definition) is 1. The molecular weight excluding hydrogens is 348 g/mol. The van der Waals surface area contributed by atoms with Crippen LogP contribution in [0.4, 0.5) is 0 Å². The van der Waals surface area contributed by atoms with E-state index in [9.17, 15) is 0 Å². The lowest BCUT2D eigenvalue weighted by atomic mass is 9.99. The summed E-state index contributed by atoms with van der Waals surface area (Å²) in [5.41, 5.74) is 5.71. The lowest BCUT2D eigenvalue weighted by Crippen LogP contribution is -1.88. The van der Waals surface area contributed by atoms with Crippen LogP contribution in [0, 0.1) is 0 Å². The molecule has 3 aromatic carbocycles. The van der Waals surface area contributed by atoms with Gasteiger partial charge in [0.15, 0.2) is 0 Å². The first kappa shape index (κ1) is 16.0. The summed E-state index contributed by atoms with van der Waals surface area (Å²) in [6.45, 7) is 0. The normalized spacial score (nSPS) is 11.1. The summed E-state index contributed by atoms with van der Waals surface area (Å²) >= 11 is 1.72. The highest BCUT2D eigenvalue weighted by Gasteiger charge is 2.16. The smallest absolute Gasteiger partial charge is 0.111 e. The van der Waals surface area contributed by atoms with Crippen molar-refractivity contribution in [3.63, 3.8) is 0 Å². The molecule has 2 aromatic heterocycles. The Morgan fingerprint density at radius 1 is 0.815 bits per heavy atom. The summed E-state index contributed by atoms with van der Waals surface area (Å²) in [6.07, 6.45) is 0.814. The lowest BCUT2D eigenvalue weighted by Gasteiger charge is -2.07. The summed E-state index contributed by atoms with van der Waals surface area (Å²) in [5.74, 6) is 0.996. The van der Waals surface area contributed by atoms with Crippen molar-refractivity contribution in [2.75, 3.05) is 0 Å². The zero-order valence-electron chi connectivity index (χ0n) is 14.7. The largest absolute Gasteiger partial charge is 0.341 e. The topological polar surface area (TPSA) is 28.7 Å². The minimum absolute atomic E-state index is 0.814. The fourth-order valence-electron chi connectivity index (χ4n) is 3.54. The van der Waals surface area contributed by atoms with Crippen LogP contribution in [0.3, 0.4) is 0 Å². The highest BCUT2D eigenvalue weighted by molar-refractivity contribution is 7.07. The molecule has 0 aliphatic rings. The summed E-state index contributed by atoms with van der Waals surface area (Å²) in [6, 6.07) is 27.5. The second-order valence-corrected chi connectivity index (χ2v) is 7.39. The van der Waals surface area contributed by atoms with E-state index < -0.39 is 0 Å². The first-order valence-electron chi connectivity index (χ1n) is 9.02. The van der Waals surface area contributed by atoms with Crippen molar-refractivity contribution in [2.24, 2.45) is 0 Å². The van der Waals surface area contributed by atoms with Gasteiger partial charge < -0.3 is 4.98 Å². The van der Waals surface area contributed by atoms with Crippen molar-refractivity contribution >= 4 is 22.1 Å². The van der Waals surface area contributed by atoms with Crippen LogP contribution in [0.1, 0.15) is 11.4 Å². The average Bonchev–Trinajstić information content (AvgIpc) is 3.38. The molecule has 2 nitrogen and oxygen atoms in total. The van der Waals surface area contributed by atoms with Gasteiger partial charge in [-0.15, -0.1) is 0 Å². The maximum Gasteiger partial charge on any atom is 0.111 e. The fourth-order valence-corrected chi connectivity index (χ4v) is 4.20. The van der Waals surface area contributed by atoms with Crippen molar-refractivity contribution in [3.05, 3.63) is 101 Å². The number of nitrogens with one attached hydrogen (secondary N) is 1. The van der Waals surface area contributed by atoms with Gasteiger partial charge in [0.05, 0.1) is 11.4 Å². The van der Waals surface area contributed by atoms with E-state index in [0.717, 1.165) is 29.2 Å². The number of aromatic amines is 1. The molecule has 0 unspecified atom stereocenters. The number of nitrogens with zero attached hydrogens (tertiary/aromatic N) is 1. The number of H-pyrrole nitrogens is 1. The number of thiophene rings is 1. The molecule has 0 fully saturated rings. The first-order chi connectivity index (χ1) is 13.4. The summed E-state index contributed by atoms with van der Waals surface area (Å²) in [5, 5.41) is 6.77. The Labute approximate surface area is 162 Å². The van der Waals surface area contributed by atoms with E-state index in [2.05, 4.69) is 88.5 Å². The molecule has 130 valence electrons. The van der Waals surface area contributed by atoms with Crippen LogP contribution in [-0.4, -0.2) is 9.97 Å². The number of hydrogen-bond acceptors (Lipinski definition) is 2. The Bertz CT molecular complexity index is 1180.